The van der Waals surface area contributed by atoms with Crippen molar-refractivity contribution in [2.75, 3.05) is 13.2 Å². The van der Waals surface area contributed by atoms with Gasteiger partial charge < -0.3 is 21.2 Å². The lowest BCUT2D eigenvalue weighted by molar-refractivity contribution is -0.140. The van der Waals surface area contributed by atoms with Crippen LogP contribution in [0.4, 0.5) is 0 Å². The summed E-state index contributed by atoms with van der Waals surface area (Å²) in [7, 11) is 0. The summed E-state index contributed by atoms with van der Waals surface area (Å²) in [4.78, 5) is 40.9. The smallest absolute Gasteiger partial charge is 0.248 e. The zero-order valence-corrected chi connectivity index (χ0v) is 21.3. The minimum absolute atomic E-state index is 0.0640. The predicted molar refractivity (Wildman–Crippen MR) is 139 cm³/mol. The Bertz CT molecular complexity index is 1110. The van der Waals surface area contributed by atoms with Crippen molar-refractivity contribution in [2.45, 2.75) is 58.7 Å². The Morgan fingerprint density at radius 2 is 2.03 bits per heavy atom. The van der Waals surface area contributed by atoms with Crippen LogP contribution in [0.1, 0.15) is 50.8 Å². The van der Waals surface area contributed by atoms with Gasteiger partial charge in [0.25, 0.3) is 0 Å². The SMILES string of the molecule is CC(C=N[C@H](C(=O)N1CCC[C@H]1C(=O)N[C@@H](CO)c1ccc(-c2ncncc2C)cc1)C(C)C)=NN. The number of aromatic nitrogens is 2. The third-order valence-corrected chi connectivity index (χ3v) is 6.33. The number of aliphatic hydroxyl groups excluding tert-OH is 1. The fourth-order valence-corrected chi connectivity index (χ4v) is 4.29. The largest absolute Gasteiger partial charge is 0.394 e. The molecule has 1 saturated heterocycles. The number of carbonyl (C=O) groups is 2. The van der Waals surface area contributed by atoms with Crippen LogP contribution < -0.4 is 11.2 Å². The number of hydrogen-bond donors (Lipinski definition) is 3. The number of carbonyl (C=O) groups excluding carboxylic acids is 2. The van der Waals surface area contributed by atoms with Gasteiger partial charge in [-0.2, -0.15) is 5.10 Å². The van der Waals surface area contributed by atoms with Crippen molar-refractivity contribution in [1.29, 1.82) is 0 Å². The molecule has 0 unspecified atom stereocenters. The van der Waals surface area contributed by atoms with Crippen LogP contribution in [0.2, 0.25) is 0 Å². The summed E-state index contributed by atoms with van der Waals surface area (Å²) in [6, 6.07) is 5.68. The van der Waals surface area contributed by atoms with Crippen molar-refractivity contribution in [2.24, 2.45) is 21.9 Å². The summed E-state index contributed by atoms with van der Waals surface area (Å²) < 4.78 is 0. The third-order valence-electron chi connectivity index (χ3n) is 6.33. The Morgan fingerprint density at radius 3 is 2.64 bits per heavy atom. The standard InChI is InChI=1S/C26H35N7O3/c1-16(2)23(29-13-18(4)32-27)26(36)33-11-5-6-22(33)25(35)31-21(14-34)19-7-9-20(10-8-19)24-17(3)12-28-15-30-24/h7-10,12-13,15-16,21-23,34H,5-6,11,14,27H2,1-4H3,(H,31,35)/t21-,22-,23-/m0/s1. The maximum absolute atomic E-state index is 13.3. The highest BCUT2D eigenvalue weighted by atomic mass is 16.3. The van der Waals surface area contributed by atoms with E-state index in [4.69, 9.17) is 5.84 Å². The minimum Gasteiger partial charge on any atom is -0.394 e. The highest BCUT2D eigenvalue weighted by Crippen LogP contribution is 2.25. The molecule has 0 radical (unpaired) electrons. The molecular formula is C26H35N7O3. The van der Waals surface area contributed by atoms with Gasteiger partial charge in [0.2, 0.25) is 11.8 Å². The van der Waals surface area contributed by atoms with Gasteiger partial charge in [0.15, 0.2) is 0 Å². The van der Waals surface area contributed by atoms with E-state index < -0.39 is 18.1 Å². The molecule has 1 aliphatic heterocycles. The van der Waals surface area contributed by atoms with Crippen molar-refractivity contribution in [3.8, 4) is 11.3 Å². The van der Waals surface area contributed by atoms with E-state index in [-0.39, 0.29) is 24.3 Å². The monoisotopic (exact) mass is 493 g/mol. The van der Waals surface area contributed by atoms with E-state index in [2.05, 4.69) is 25.4 Å². The number of aryl methyl sites for hydroxylation is 1. The first kappa shape index (κ1) is 26.9. The van der Waals surface area contributed by atoms with Crippen LogP contribution in [0.15, 0.2) is 46.9 Å². The van der Waals surface area contributed by atoms with Crippen molar-refractivity contribution < 1.29 is 14.7 Å². The zero-order valence-electron chi connectivity index (χ0n) is 21.3. The van der Waals surface area contributed by atoms with Crippen LogP contribution in [-0.4, -0.2) is 69.0 Å². The predicted octanol–water partition coefficient (Wildman–Crippen LogP) is 2.02. The van der Waals surface area contributed by atoms with Crippen LogP contribution in [0.3, 0.4) is 0 Å². The van der Waals surface area contributed by atoms with E-state index in [1.165, 1.54) is 12.5 Å². The molecule has 2 aromatic rings. The van der Waals surface area contributed by atoms with Gasteiger partial charge >= 0.3 is 0 Å². The van der Waals surface area contributed by atoms with Gasteiger partial charge in [0.1, 0.15) is 18.4 Å². The Labute approximate surface area is 211 Å². The highest BCUT2D eigenvalue weighted by molar-refractivity contribution is 6.29. The summed E-state index contributed by atoms with van der Waals surface area (Å²) in [5, 5.41) is 16.5. The zero-order chi connectivity index (χ0) is 26.2. The van der Waals surface area contributed by atoms with Gasteiger partial charge in [0.05, 0.1) is 24.1 Å². The number of nitrogens with two attached hydrogens (primary N) is 1. The number of aliphatic hydroxyl groups is 1. The molecule has 36 heavy (non-hydrogen) atoms. The first-order chi connectivity index (χ1) is 17.3. The average molecular weight is 494 g/mol. The van der Waals surface area contributed by atoms with Crippen molar-refractivity contribution in [3.05, 3.63) is 47.9 Å². The molecule has 2 amide bonds. The van der Waals surface area contributed by atoms with Crippen molar-refractivity contribution in [3.63, 3.8) is 0 Å². The van der Waals surface area contributed by atoms with Gasteiger partial charge in [-0.15, -0.1) is 0 Å². The molecule has 1 aromatic carbocycles. The number of benzene rings is 1. The normalized spacial score (nSPS) is 18.0. The summed E-state index contributed by atoms with van der Waals surface area (Å²) in [6.07, 6.45) is 6.02. The number of nitrogens with zero attached hydrogens (tertiary/aromatic N) is 5. The number of hydrazone groups is 1. The summed E-state index contributed by atoms with van der Waals surface area (Å²) in [6.45, 7) is 7.68. The maximum atomic E-state index is 13.3. The molecule has 0 spiro atoms. The number of aliphatic imine (C=N–C) groups is 1. The van der Waals surface area contributed by atoms with E-state index in [0.717, 1.165) is 28.8 Å². The lowest BCUT2D eigenvalue weighted by Gasteiger charge is -2.29. The minimum atomic E-state index is -0.637. The molecule has 3 atom stereocenters. The van der Waals surface area contributed by atoms with Crippen LogP contribution in [0.5, 0.6) is 0 Å². The number of likely N-dealkylation sites (tertiary alicyclic amines) is 1. The van der Waals surface area contributed by atoms with E-state index in [1.807, 2.05) is 45.0 Å². The summed E-state index contributed by atoms with van der Waals surface area (Å²) >= 11 is 0. The Morgan fingerprint density at radius 1 is 1.31 bits per heavy atom. The number of nitrogens with one attached hydrogen (secondary N) is 1. The Hall–Kier alpha value is -3.66. The first-order valence-corrected chi connectivity index (χ1v) is 12.1. The van der Waals surface area contributed by atoms with Gasteiger partial charge in [-0.1, -0.05) is 38.1 Å². The van der Waals surface area contributed by atoms with Crippen LogP contribution in [-0.2, 0) is 9.59 Å². The third kappa shape index (κ3) is 6.31. The van der Waals surface area contributed by atoms with E-state index >= 15 is 0 Å². The van der Waals surface area contributed by atoms with E-state index in [0.29, 0.717) is 18.7 Å². The molecule has 2 heterocycles. The second kappa shape index (κ2) is 12.3. The second-order valence-corrected chi connectivity index (χ2v) is 9.35. The van der Waals surface area contributed by atoms with Crippen molar-refractivity contribution >= 4 is 23.7 Å². The van der Waals surface area contributed by atoms with Gasteiger partial charge in [0, 0.05) is 24.5 Å². The molecule has 3 rings (SSSR count). The Kier molecular flexibility index (Phi) is 9.24. The number of amides is 2. The quantitative estimate of drug-likeness (QED) is 0.277. The summed E-state index contributed by atoms with van der Waals surface area (Å²) in [5.74, 6) is 4.71. The molecule has 4 N–H and O–H groups in total. The molecule has 0 saturated carbocycles. The second-order valence-electron chi connectivity index (χ2n) is 9.35. The molecule has 0 aliphatic carbocycles. The average Bonchev–Trinajstić information content (AvgIpc) is 3.37. The molecule has 192 valence electrons. The van der Waals surface area contributed by atoms with E-state index in [1.54, 1.807) is 18.0 Å². The molecule has 10 nitrogen and oxygen atoms in total. The highest BCUT2D eigenvalue weighted by Gasteiger charge is 2.38. The Balaban J connectivity index is 1.72. The molecule has 10 heteroatoms. The van der Waals surface area contributed by atoms with Gasteiger partial charge in [-0.05, 0) is 43.7 Å². The number of hydrogen-bond acceptors (Lipinski definition) is 8. The van der Waals surface area contributed by atoms with E-state index in [9.17, 15) is 14.7 Å². The fourth-order valence-electron chi connectivity index (χ4n) is 4.29. The van der Waals surface area contributed by atoms with Crippen LogP contribution in [0, 0.1) is 12.8 Å². The van der Waals surface area contributed by atoms with Crippen LogP contribution >= 0.6 is 0 Å². The van der Waals surface area contributed by atoms with Gasteiger partial charge in [-0.3, -0.25) is 14.6 Å². The van der Waals surface area contributed by atoms with Gasteiger partial charge in [-0.25, -0.2) is 9.97 Å². The molecule has 1 fully saturated rings. The lowest BCUT2D eigenvalue weighted by Crippen LogP contribution is -2.50. The molecular weight excluding hydrogens is 458 g/mol. The fraction of sp³-hybridized carbons (Fsp3) is 0.462. The summed E-state index contributed by atoms with van der Waals surface area (Å²) in [5.41, 5.74) is 3.98. The van der Waals surface area contributed by atoms with Crippen molar-refractivity contribution in [1.82, 2.24) is 20.2 Å². The molecule has 1 aliphatic rings. The first-order valence-electron chi connectivity index (χ1n) is 12.1. The number of rotatable bonds is 9. The molecule has 0 bridgehead atoms. The topological polar surface area (TPSA) is 146 Å². The maximum Gasteiger partial charge on any atom is 0.248 e. The molecule has 1 aromatic heterocycles. The van der Waals surface area contributed by atoms with Crippen LogP contribution in [0.25, 0.3) is 11.3 Å². The lowest BCUT2D eigenvalue weighted by atomic mass is 10.0.